The van der Waals surface area contributed by atoms with Crippen LogP contribution >= 0.6 is 0 Å². The van der Waals surface area contributed by atoms with Crippen LogP contribution in [-0.4, -0.2) is 37.2 Å². The van der Waals surface area contributed by atoms with Crippen LogP contribution in [0.25, 0.3) is 11.0 Å². The van der Waals surface area contributed by atoms with Gasteiger partial charge < -0.3 is 19.3 Å². The number of aryl methyl sites for hydroxylation is 1. The van der Waals surface area contributed by atoms with Crippen molar-refractivity contribution in [3.05, 3.63) is 34.2 Å². The molecule has 1 fully saturated rings. The summed E-state index contributed by atoms with van der Waals surface area (Å²) in [6, 6.07) is 5.25. The Labute approximate surface area is 158 Å². The lowest BCUT2D eigenvalue weighted by Gasteiger charge is -2.32. The third-order valence-corrected chi connectivity index (χ3v) is 6.08. The fraction of sp³-hybridized carbons (Fsp3) is 0.524. The molecule has 1 aliphatic heterocycles. The number of phenols is 1. The minimum Gasteiger partial charge on any atom is -0.508 e. The Kier molecular flexibility index (Phi) is 4.91. The summed E-state index contributed by atoms with van der Waals surface area (Å²) >= 11 is 0. The fourth-order valence-electron chi connectivity index (χ4n) is 4.62. The van der Waals surface area contributed by atoms with Crippen molar-refractivity contribution in [2.24, 2.45) is 0 Å². The van der Waals surface area contributed by atoms with Crippen LogP contribution in [0.3, 0.4) is 0 Å². The lowest BCUT2D eigenvalue weighted by Crippen LogP contribution is -3.14. The number of quaternary nitrogens is 1. The SMILES string of the molecule is C[NH+](CC(=O)N1CCCc2c1c(=O)oc1ccc(O)cc21)C1CCCCC1. The van der Waals surface area contributed by atoms with Crippen molar-refractivity contribution >= 4 is 22.6 Å². The van der Waals surface area contributed by atoms with Crippen LogP contribution in [0.1, 0.15) is 44.1 Å². The Balaban J connectivity index is 1.64. The highest BCUT2D eigenvalue weighted by Gasteiger charge is 2.31. The largest absolute Gasteiger partial charge is 0.508 e. The number of nitrogens with zero attached hydrogens (tertiary/aromatic N) is 1. The van der Waals surface area contributed by atoms with E-state index in [-0.39, 0.29) is 11.7 Å². The summed E-state index contributed by atoms with van der Waals surface area (Å²) in [6.07, 6.45) is 7.61. The number of rotatable bonds is 3. The summed E-state index contributed by atoms with van der Waals surface area (Å²) in [5, 5.41) is 10.6. The molecule has 1 atom stereocenters. The third kappa shape index (κ3) is 3.46. The average Bonchev–Trinajstić information content (AvgIpc) is 2.69. The fourth-order valence-corrected chi connectivity index (χ4v) is 4.62. The van der Waals surface area contributed by atoms with Crippen molar-refractivity contribution in [1.82, 2.24) is 0 Å². The standard InChI is InChI=1S/C21H26N2O4/c1-22(14-6-3-2-4-7-14)13-19(25)23-11-5-8-16-17-12-15(24)9-10-18(17)27-21(26)20(16)23/h9-10,12,14,24H,2-8,11,13H2,1H3/p+1. The number of likely N-dealkylation sites (N-methyl/N-ethyl adjacent to an activating group) is 1. The zero-order valence-electron chi connectivity index (χ0n) is 15.8. The first-order valence-corrected chi connectivity index (χ1v) is 9.96. The summed E-state index contributed by atoms with van der Waals surface area (Å²) in [4.78, 5) is 28.5. The highest BCUT2D eigenvalue weighted by molar-refractivity contribution is 5.98. The molecule has 6 nitrogen and oxygen atoms in total. The Hall–Kier alpha value is -2.34. The zero-order valence-corrected chi connectivity index (χ0v) is 15.8. The molecule has 1 aromatic carbocycles. The molecular weight excluding hydrogens is 344 g/mol. The lowest BCUT2D eigenvalue weighted by atomic mass is 9.94. The normalized spacial score (nSPS) is 19.1. The predicted molar refractivity (Wildman–Crippen MR) is 103 cm³/mol. The van der Waals surface area contributed by atoms with Crippen LogP contribution in [0.4, 0.5) is 5.69 Å². The average molecular weight is 371 g/mol. The number of hydrogen-bond donors (Lipinski definition) is 2. The number of phenolic OH excluding ortho intramolecular Hbond substituents is 1. The summed E-state index contributed by atoms with van der Waals surface area (Å²) in [7, 11) is 2.08. The van der Waals surface area contributed by atoms with E-state index in [0.29, 0.717) is 36.8 Å². The number of hydrogen-bond acceptors (Lipinski definition) is 4. The first kappa shape index (κ1) is 18.0. The smallest absolute Gasteiger partial charge is 0.360 e. The molecule has 1 saturated carbocycles. The Morgan fingerprint density at radius 2 is 2.04 bits per heavy atom. The maximum Gasteiger partial charge on any atom is 0.360 e. The first-order chi connectivity index (χ1) is 13.0. The van der Waals surface area contributed by atoms with Crippen molar-refractivity contribution in [3.8, 4) is 5.75 Å². The van der Waals surface area contributed by atoms with E-state index in [1.165, 1.54) is 43.1 Å². The van der Waals surface area contributed by atoms with Crippen LogP contribution in [0, 0.1) is 0 Å². The van der Waals surface area contributed by atoms with Crippen LogP contribution in [-0.2, 0) is 11.2 Å². The van der Waals surface area contributed by atoms with E-state index >= 15 is 0 Å². The molecule has 2 aliphatic rings. The van der Waals surface area contributed by atoms with Gasteiger partial charge in [0.2, 0.25) is 0 Å². The summed E-state index contributed by atoms with van der Waals surface area (Å²) in [6.45, 7) is 0.931. The second-order valence-corrected chi connectivity index (χ2v) is 7.90. The van der Waals surface area contributed by atoms with E-state index < -0.39 is 5.63 Å². The van der Waals surface area contributed by atoms with E-state index in [1.54, 1.807) is 17.0 Å². The molecule has 0 radical (unpaired) electrons. The van der Waals surface area contributed by atoms with E-state index in [4.69, 9.17) is 4.42 Å². The molecule has 1 amide bonds. The molecule has 27 heavy (non-hydrogen) atoms. The highest BCUT2D eigenvalue weighted by atomic mass is 16.4. The van der Waals surface area contributed by atoms with E-state index in [2.05, 4.69) is 7.05 Å². The van der Waals surface area contributed by atoms with Gasteiger partial charge in [0, 0.05) is 11.9 Å². The van der Waals surface area contributed by atoms with E-state index in [9.17, 15) is 14.7 Å². The van der Waals surface area contributed by atoms with Gasteiger partial charge in [0.1, 0.15) is 17.0 Å². The minimum atomic E-state index is -0.466. The molecular formula is C21H27N2O4+. The van der Waals surface area contributed by atoms with Gasteiger partial charge in [0.25, 0.3) is 5.91 Å². The van der Waals surface area contributed by atoms with Gasteiger partial charge in [-0.1, -0.05) is 6.42 Å². The quantitative estimate of drug-likeness (QED) is 0.804. The zero-order chi connectivity index (χ0) is 19.0. The molecule has 1 unspecified atom stereocenters. The summed E-state index contributed by atoms with van der Waals surface area (Å²) in [5.41, 5.74) is 1.16. The van der Waals surface area contributed by atoms with Gasteiger partial charge in [0.05, 0.1) is 13.1 Å². The summed E-state index contributed by atoms with van der Waals surface area (Å²) in [5.74, 6) is 0.106. The van der Waals surface area contributed by atoms with Crippen LogP contribution < -0.4 is 15.4 Å². The number of amides is 1. The summed E-state index contributed by atoms with van der Waals surface area (Å²) < 4.78 is 5.45. The van der Waals surface area contributed by atoms with E-state index in [0.717, 1.165) is 17.4 Å². The number of benzene rings is 1. The molecule has 0 saturated heterocycles. The second kappa shape index (κ2) is 7.35. The third-order valence-electron chi connectivity index (χ3n) is 6.08. The molecule has 2 heterocycles. The van der Waals surface area contributed by atoms with Gasteiger partial charge in [-0.25, -0.2) is 4.79 Å². The first-order valence-electron chi connectivity index (χ1n) is 9.96. The maximum atomic E-state index is 13.0. The number of anilines is 1. The number of carbonyl (C=O) groups excluding carboxylic acids is 1. The molecule has 4 rings (SSSR count). The van der Waals surface area contributed by atoms with Gasteiger partial charge in [-0.2, -0.15) is 0 Å². The maximum absolute atomic E-state index is 13.0. The van der Waals surface area contributed by atoms with Gasteiger partial charge in [-0.15, -0.1) is 0 Å². The monoisotopic (exact) mass is 371 g/mol. The van der Waals surface area contributed by atoms with Gasteiger partial charge in [-0.05, 0) is 62.3 Å². The topological polar surface area (TPSA) is 75.2 Å². The van der Waals surface area contributed by atoms with Gasteiger partial charge in [-0.3, -0.25) is 4.79 Å². The van der Waals surface area contributed by atoms with Crippen LogP contribution in [0.15, 0.2) is 27.4 Å². The Morgan fingerprint density at radius 1 is 1.26 bits per heavy atom. The van der Waals surface area contributed by atoms with Crippen molar-refractivity contribution in [3.63, 3.8) is 0 Å². The van der Waals surface area contributed by atoms with Crippen molar-refractivity contribution in [2.45, 2.75) is 51.0 Å². The molecule has 144 valence electrons. The molecule has 2 N–H and O–H groups in total. The van der Waals surface area contributed by atoms with Gasteiger partial charge >= 0.3 is 5.63 Å². The molecule has 1 aliphatic carbocycles. The van der Waals surface area contributed by atoms with Gasteiger partial charge in [0.15, 0.2) is 6.54 Å². The molecule has 1 aromatic heterocycles. The van der Waals surface area contributed by atoms with Crippen molar-refractivity contribution in [1.29, 1.82) is 0 Å². The number of nitrogens with one attached hydrogen (secondary N) is 1. The number of aromatic hydroxyl groups is 1. The lowest BCUT2D eigenvalue weighted by molar-refractivity contribution is -0.899. The van der Waals surface area contributed by atoms with E-state index in [1.807, 2.05) is 0 Å². The Bertz CT molecular complexity index is 914. The molecule has 6 heteroatoms. The number of fused-ring (bicyclic) bond motifs is 3. The molecule has 2 aromatic rings. The Morgan fingerprint density at radius 3 is 2.81 bits per heavy atom. The minimum absolute atomic E-state index is 0.0224. The highest BCUT2D eigenvalue weighted by Crippen LogP contribution is 2.32. The molecule has 0 bridgehead atoms. The van der Waals surface area contributed by atoms with Crippen LogP contribution in [0.2, 0.25) is 0 Å². The van der Waals surface area contributed by atoms with Crippen molar-refractivity contribution < 1.29 is 19.2 Å². The van der Waals surface area contributed by atoms with Crippen LogP contribution in [0.5, 0.6) is 5.75 Å². The van der Waals surface area contributed by atoms with Crippen molar-refractivity contribution in [2.75, 3.05) is 25.0 Å². The second-order valence-electron chi connectivity index (χ2n) is 7.90. The number of carbonyl (C=O) groups is 1. The predicted octanol–water partition coefficient (Wildman–Crippen LogP) is 1.63. The molecule has 0 spiro atoms.